The van der Waals surface area contributed by atoms with Gasteiger partial charge in [0.15, 0.2) is 5.13 Å². The fraction of sp³-hybridized carbons (Fsp3) is 0.269. The Morgan fingerprint density at radius 1 is 1.18 bits per heavy atom. The standard InChI is InChI=1S/C26H26N4O3S/c1-33-20-7-8-23-21(14-20)22(15-27-23)17-9-11-30(12-10-17)24(31)13-19-16-34-26(28-19)29-25(32)18-5-3-2-4-6-18/h2-8,14-17,27H,9-13H2,1H3,(H,28,29,32). The van der Waals surface area contributed by atoms with Crippen molar-refractivity contribution in [3.63, 3.8) is 0 Å². The number of carbonyl (C=O) groups excluding carboxylic acids is 2. The van der Waals surface area contributed by atoms with Gasteiger partial charge < -0.3 is 14.6 Å². The number of thiazole rings is 1. The topological polar surface area (TPSA) is 87.3 Å². The lowest BCUT2D eigenvalue weighted by Crippen LogP contribution is -2.38. The number of methoxy groups -OCH3 is 1. The lowest BCUT2D eigenvalue weighted by Gasteiger charge is -2.32. The van der Waals surface area contributed by atoms with Gasteiger partial charge in [-0.2, -0.15) is 0 Å². The van der Waals surface area contributed by atoms with E-state index in [4.69, 9.17) is 4.74 Å². The van der Waals surface area contributed by atoms with Crippen LogP contribution >= 0.6 is 11.3 Å². The van der Waals surface area contributed by atoms with Crippen LogP contribution in [0.4, 0.5) is 5.13 Å². The van der Waals surface area contributed by atoms with Gasteiger partial charge in [-0.1, -0.05) is 18.2 Å². The number of nitrogens with zero attached hydrogens (tertiary/aromatic N) is 2. The Morgan fingerprint density at radius 3 is 2.74 bits per heavy atom. The van der Waals surface area contributed by atoms with Crippen molar-refractivity contribution in [1.29, 1.82) is 0 Å². The van der Waals surface area contributed by atoms with Gasteiger partial charge in [0.05, 0.1) is 19.2 Å². The molecule has 0 atom stereocenters. The van der Waals surface area contributed by atoms with Gasteiger partial charge in [-0.25, -0.2) is 4.98 Å². The van der Waals surface area contributed by atoms with Crippen molar-refractivity contribution < 1.29 is 14.3 Å². The number of rotatable bonds is 6. The van der Waals surface area contributed by atoms with Crippen LogP contribution < -0.4 is 10.1 Å². The number of piperidine rings is 1. The third kappa shape index (κ3) is 4.68. The zero-order chi connectivity index (χ0) is 23.5. The van der Waals surface area contributed by atoms with Crippen molar-refractivity contribution in [2.45, 2.75) is 25.2 Å². The van der Waals surface area contributed by atoms with E-state index in [2.05, 4.69) is 27.5 Å². The zero-order valence-electron chi connectivity index (χ0n) is 18.9. The molecule has 0 aliphatic carbocycles. The summed E-state index contributed by atoms with van der Waals surface area (Å²) in [7, 11) is 1.68. The van der Waals surface area contributed by atoms with Gasteiger partial charge in [-0.05, 0) is 54.7 Å². The molecule has 3 heterocycles. The van der Waals surface area contributed by atoms with E-state index in [-0.39, 0.29) is 18.2 Å². The number of likely N-dealkylation sites (tertiary alicyclic amines) is 1. The smallest absolute Gasteiger partial charge is 0.257 e. The van der Waals surface area contributed by atoms with E-state index in [9.17, 15) is 9.59 Å². The van der Waals surface area contributed by atoms with E-state index >= 15 is 0 Å². The largest absolute Gasteiger partial charge is 0.497 e. The minimum absolute atomic E-state index is 0.0743. The van der Waals surface area contributed by atoms with Gasteiger partial charge in [-0.3, -0.25) is 14.9 Å². The summed E-state index contributed by atoms with van der Waals surface area (Å²) in [4.78, 5) is 34.9. The molecule has 174 valence electrons. The first kappa shape index (κ1) is 22.2. The number of hydrogen-bond donors (Lipinski definition) is 2. The number of benzene rings is 2. The maximum atomic E-state index is 12.9. The third-order valence-corrected chi connectivity index (χ3v) is 7.16. The van der Waals surface area contributed by atoms with Crippen LogP contribution in [0.2, 0.25) is 0 Å². The van der Waals surface area contributed by atoms with Gasteiger partial charge in [0.25, 0.3) is 5.91 Å². The van der Waals surface area contributed by atoms with Crippen LogP contribution in [0, 0.1) is 0 Å². The second-order valence-electron chi connectivity index (χ2n) is 8.45. The lowest BCUT2D eigenvalue weighted by molar-refractivity contribution is -0.131. The molecular formula is C26H26N4O3S. The van der Waals surface area contributed by atoms with Crippen molar-refractivity contribution in [3.05, 3.63) is 76.9 Å². The Kier molecular flexibility index (Phi) is 6.31. The first-order valence-electron chi connectivity index (χ1n) is 11.3. The van der Waals surface area contributed by atoms with Crippen molar-refractivity contribution in [3.8, 4) is 5.75 Å². The fourth-order valence-electron chi connectivity index (χ4n) is 4.50. The fourth-order valence-corrected chi connectivity index (χ4v) is 5.20. The van der Waals surface area contributed by atoms with Gasteiger partial charge in [0.1, 0.15) is 5.75 Å². The molecule has 2 aromatic heterocycles. The molecule has 1 fully saturated rings. The Hall–Kier alpha value is -3.65. The summed E-state index contributed by atoms with van der Waals surface area (Å²) in [6.07, 6.45) is 4.18. The molecule has 2 aromatic carbocycles. The van der Waals surface area contributed by atoms with Gasteiger partial charge in [0, 0.05) is 41.1 Å². The van der Waals surface area contributed by atoms with Gasteiger partial charge in [0.2, 0.25) is 5.91 Å². The van der Waals surface area contributed by atoms with Crippen molar-refractivity contribution in [2.24, 2.45) is 0 Å². The average molecular weight is 475 g/mol. The number of hydrogen-bond acceptors (Lipinski definition) is 5. The van der Waals surface area contributed by atoms with Crippen molar-refractivity contribution in [2.75, 3.05) is 25.5 Å². The average Bonchev–Trinajstić information content (AvgIpc) is 3.50. The van der Waals surface area contributed by atoms with E-state index in [1.54, 1.807) is 19.2 Å². The van der Waals surface area contributed by atoms with Crippen molar-refractivity contribution in [1.82, 2.24) is 14.9 Å². The maximum absolute atomic E-state index is 12.9. The predicted octanol–water partition coefficient (Wildman–Crippen LogP) is 4.83. The number of anilines is 1. The van der Waals surface area contributed by atoms with Crippen LogP contribution in [0.25, 0.3) is 10.9 Å². The van der Waals surface area contributed by atoms with Gasteiger partial charge >= 0.3 is 0 Å². The highest BCUT2D eigenvalue weighted by molar-refractivity contribution is 7.14. The summed E-state index contributed by atoms with van der Waals surface area (Å²) in [6, 6.07) is 15.1. The molecular weight excluding hydrogens is 448 g/mol. The number of carbonyl (C=O) groups is 2. The SMILES string of the molecule is COc1ccc2[nH]cc(C3CCN(C(=O)Cc4csc(NC(=O)c5ccccc5)n4)CC3)c2c1. The second-order valence-corrected chi connectivity index (χ2v) is 9.31. The Labute approximate surface area is 201 Å². The number of nitrogens with one attached hydrogen (secondary N) is 2. The van der Waals surface area contributed by atoms with Crippen LogP contribution in [-0.4, -0.2) is 46.9 Å². The van der Waals surface area contributed by atoms with Crippen LogP contribution in [0.3, 0.4) is 0 Å². The summed E-state index contributed by atoms with van der Waals surface area (Å²) >= 11 is 1.34. The molecule has 5 rings (SSSR count). The van der Waals surface area contributed by atoms with Crippen molar-refractivity contribution >= 4 is 39.2 Å². The first-order chi connectivity index (χ1) is 16.6. The Balaban J connectivity index is 1.17. The summed E-state index contributed by atoms with van der Waals surface area (Å²) in [6.45, 7) is 1.45. The molecule has 4 aromatic rings. The van der Waals surface area contributed by atoms with Crippen LogP contribution in [0.15, 0.2) is 60.1 Å². The summed E-state index contributed by atoms with van der Waals surface area (Å²) in [5, 5.41) is 6.34. The minimum atomic E-state index is -0.204. The van der Waals surface area contributed by atoms with E-state index in [1.807, 2.05) is 40.6 Å². The van der Waals surface area contributed by atoms with E-state index < -0.39 is 0 Å². The van der Waals surface area contributed by atoms with E-state index in [0.29, 0.717) is 22.3 Å². The number of amides is 2. The zero-order valence-corrected chi connectivity index (χ0v) is 19.7. The number of fused-ring (bicyclic) bond motifs is 1. The summed E-state index contributed by atoms with van der Waals surface area (Å²) in [5.74, 6) is 1.13. The molecule has 0 bridgehead atoms. The second kappa shape index (κ2) is 9.69. The molecule has 2 N–H and O–H groups in total. The number of ether oxygens (including phenoxy) is 1. The van der Waals surface area contributed by atoms with E-state index in [0.717, 1.165) is 37.2 Å². The molecule has 1 saturated heterocycles. The molecule has 0 saturated carbocycles. The molecule has 0 radical (unpaired) electrons. The normalized spacial score (nSPS) is 14.3. The Bertz CT molecular complexity index is 1310. The minimum Gasteiger partial charge on any atom is -0.497 e. The predicted molar refractivity (Wildman–Crippen MR) is 134 cm³/mol. The number of aromatic nitrogens is 2. The summed E-state index contributed by atoms with van der Waals surface area (Å²) < 4.78 is 5.39. The summed E-state index contributed by atoms with van der Waals surface area (Å²) in [5.41, 5.74) is 3.66. The first-order valence-corrected chi connectivity index (χ1v) is 12.2. The van der Waals surface area contributed by atoms with Crippen LogP contribution in [0.1, 0.15) is 40.4 Å². The highest BCUT2D eigenvalue weighted by Gasteiger charge is 2.26. The van der Waals surface area contributed by atoms with Crippen LogP contribution in [0.5, 0.6) is 5.75 Å². The number of H-pyrrole nitrogens is 1. The Morgan fingerprint density at radius 2 is 1.97 bits per heavy atom. The van der Waals surface area contributed by atoms with E-state index in [1.165, 1.54) is 22.3 Å². The highest BCUT2D eigenvalue weighted by atomic mass is 32.1. The molecule has 1 aliphatic heterocycles. The monoisotopic (exact) mass is 474 g/mol. The maximum Gasteiger partial charge on any atom is 0.257 e. The quantitative estimate of drug-likeness (QED) is 0.419. The molecule has 34 heavy (non-hydrogen) atoms. The molecule has 7 nitrogen and oxygen atoms in total. The van der Waals surface area contributed by atoms with Gasteiger partial charge in [-0.15, -0.1) is 11.3 Å². The number of aromatic amines is 1. The lowest BCUT2D eigenvalue weighted by atomic mass is 9.89. The molecule has 8 heteroatoms. The highest BCUT2D eigenvalue weighted by Crippen LogP contribution is 2.34. The molecule has 0 spiro atoms. The molecule has 0 unspecified atom stereocenters. The molecule has 1 aliphatic rings. The van der Waals surface area contributed by atoms with Crippen LogP contribution in [-0.2, 0) is 11.2 Å². The third-order valence-electron chi connectivity index (χ3n) is 6.35. The molecule has 2 amide bonds.